The Balaban J connectivity index is 2.48. The minimum Gasteiger partial charge on any atom is -0.364 e. The summed E-state index contributed by atoms with van der Waals surface area (Å²) < 4.78 is 0. The summed E-state index contributed by atoms with van der Waals surface area (Å²) in [5, 5.41) is 3.24. The molecule has 0 amide bonds. The topological polar surface area (TPSA) is 15.3 Å². The number of hydrogen-bond donors (Lipinski definition) is 1. The Morgan fingerprint density at radius 3 is 2.63 bits per heavy atom. The molecule has 1 heterocycles. The van der Waals surface area contributed by atoms with Gasteiger partial charge < -0.3 is 10.2 Å². The number of nitrogens with one attached hydrogen (secondary N) is 1. The Kier molecular flexibility index (Phi) is 3.91. The first-order chi connectivity index (χ1) is 8.86. The molecule has 1 N–H and O–H groups in total. The molecule has 0 radical (unpaired) electrons. The van der Waals surface area contributed by atoms with E-state index < -0.39 is 0 Å². The average molecular weight is 260 g/mol. The molecular weight excluding hydrogens is 232 g/mol. The lowest BCUT2D eigenvalue weighted by Gasteiger charge is -2.50. The lowest BCUT2D eigenvalue weighted by atomic mass is 9.79. The molecule has 0 aromatic heterocycles. The Hall–Kier alpha value is -1.02. The van der Waals surface area contributed by atoms with E-state index in [1.54, 1.807) is 0 Å². The van der Waals surface area contributed by atoms with E-state index >= 15 is 0 Å². The van der Waals surface area contributed by atoms with E-state index in [1.807, 2.05) is 7.05 Å². The average Bonchev–Trinajstić information content (AvgIpc) is 2.28. The molecule has 0 spiro atoms. The number of benzene rings is 1. The molecule has 106 valence electrons. The number of fused-ring (bicyclic) bond motifs is 1. The van der Waals surface area contributed by atoms with Gasteiger partial charge in [-0.3, -0.25) is 0 Å². The third kappa shape index (κ3) is 2.64. The van der Waals surface area contributed by atoms with Gasteiger partial charge in [-0.2, -0.15) is 0 Å². The lowest BCUT2D eigenvalue weighted by molar-refractivity contribution is 0.356. The molecule has 1 aromatic carbocycles. The van der Waals surface area contributed by atoms with Gasteiger partial charge in [-0.25, -0.2) is 0 Å². The molecule has 2 heteroatoms. The largest absolute Gasteiger partial charge is 0.364 e. The Labute approximate surface area is 118 Å². The zero-order chi connectivity index (χ0) is 14.2. The maximum Gasteiger partial charge on any atom is 0.0408 e. The van der Waals surface area contributed by atoms with Crippen LogP contribution in [-0.2, 0) is 6.54 Å². The van der Waals surface area contributed by atoms with Crippen molar-refractivity contribution in [2.45, 2.75) is 65.1 Å². The maximum absolute atomic E-state index is 3.24. The van der Waals surface area contributed by atoms with Gasteiger partial charge in [-0.15, -0.1) is 0 Å². The zero-order valence-electron chi connectivity index (χ0n) is 13.2. The molecule has 1 atom stereocenters. The van der Waals surface area contributed by atoms with Crippen molar-refractivity contribution < 1.29 is 0 Å². The second-order valence-electron chi connectivity index (χ2n) is 6.80. The van der Waals surface area contributed by atoms with Crippen LogP contribution < -0.4 is 10.2 Å². The fraction of sp³-hybridized carbons (Fsp3) is 0.647. The summed E-state index contributed by atoms with van der Waals surface area (Å²) in [5.41, 5.74) is 4.57. The molecule has 0 unspecified atom stereocenters. The third-order valence-corrected chi connectivity index (χ3v) is 4.24. The summed E-state index contributed by atoms with van der Waals surface area (Å²) in [6.07, 6.45) is 1.22. The summed E-state index contributed by atoms with van der Waals surface area (Å²) in [7, 11) is 2.01. The summed E-state index contributed by atoms with van der Waals surface area (Å²) in [6, 6.07) is 7.51. The Morgan fingerprint density at radius 1 is 1.37 bits per heavy atom. The molecule has 0 aliphatic carbocycles. The van der Waals surface area contributed by atoms with E-state index in [2.05, 4.69) is 63.0 Å². The fourth-order valence-electron chi connectivity index (χ4n) is 3.79. The second kappa shape index (κ2) is 5.16. The van der Waals surface area contributed by atoms with Crippen molar-refractivity contribution in [3.63, 3.8) is 0 Å². The van der Waals surface area contributed by atoms with Gasteiger partial charge in [0.1, 0.15) is 0 Å². The van der Waals surface area contributed by atoms with Crippen LogP contribution in [0.15, 0.2) is 18.2 Å². The molecule has 0 saturated carbocycles. The second-order valence-corrected chi connectivity index (χ2v) is 6.80. The predicted octanol–water partition coefficient (Wildman–Crippen LogP) is 3.91. The molecule has 1 aromatic rings. The first-order valence-corrected chi connectivity index (χ1v) is 7.43. The molecule has 1 aliphatic heterocycles. The van der Waals surface area contributed by atoms with Crippen LogP contribution in [0, 0.1) is 0 Å². The van der Waals surface area contributed by atoms with Crippen LogP contribution in [-0.4, -0.2) is 18.6 Å². The molecule has 0 fully saturated rings. The van der Waals surface area contributed by atoms with Gasteiger partial charge >= 0.3 is 0 Å². The highest BCUT2D eigenvalue weighted by Crippen LogP contribution is 2.44. The first-order valence-electron chi connectivity index (χ1n) is 7.43. The Bertz CT molecular complexity index is 449. The molecule has 2 nitrogen and oxygen atoms in total. The van der Waals surface area contributed by atoms with Crippen molar-refractivity contribution in [3.8, 4) is 0 Å². The van der Waals surface area contributed by atoms with E-state index in [0.717, 1.165) is 6.54 Å². The first kappa shape index (κ1) is 14.4. The van der Waals surface area contributed by atoms with Crippen LogP contribution in [0.3, 0.4) is 0 Å². The standard InChI is InChI=1S/C17H28N2/c1-12(2)19-16-8-7-14(11-18-6)9-15(16)13(3)10-17(19,4)5/h7-9,12-13,18H,10-11H2,1-6H3/t13-/m0/s1. The number of hydrogen-bond acceptors (Lipinski definition) is 2. The monoisotopic (exact) mass is 260 g/mol. The van der Waals surface area contributed by atoms with Crippen LogP contribution in [0.25, 0.3) is 0 Å². The highest BCUT2D eigenvalue weighted by atomic mass is 15.2. The van der Waals surface area contributed by atoms with Crippen molar-refractivity contribution >= 4 is 5.69 Å². The summed E-state index contributed by atoms with van der Waals surface area (Å²) in [6.45, 7) is 12.6. The van der Waals surface area contributed by atoms with Crippen LogP contribution >= 0.6 is 0 Å². The number of anilines is 1. The van der Waals surface area contributed by atoms with Crippen molar-refractivity contribution in [1.82, 2.24) is 5.32 Å². The minimum absolute atomic E-state index is 0.241. The van der Waals surface area contributed by atoms with Crippen LogP contribution in [0.2, 0.25) is 0 Å². The minimum atomic E-state index is 0.241. The van der Waals surface area contributed by atoms with E-state index in [9.17, 15) is 0 Å². The van der Waals surface area contributed by atoms with E-state index in [-0.39, 0.29) is 5.54 Å². The summed E-state index contributed by atoms with van der Waals surface area (Å²) in [5.74, 6) is 0.636. The van der Waals surface area contributed by atoms with E-state index in [0.29, 0.717) is 12.0 Å². The SMILES string of the molecule is CNCc1ccc2c(c1)[C@@H](C)CC(C)(C)N2C(C)C. The van der Waals surface area contributed by atoms with Gasteiger partial charge in [0.2, 0.25) is 0 Å². The quantitative estimate of drug-likeness (QED) is 0.886. The van der Waals surface area contributed by atoms with Gasteiger partial charge in [0, 0.05) is 23.8 Å². The fourth-order valence-corrected chi connectivity index (χ4v) is 3.79. The van der Waals surface area contributed by atoms with Crippen LogP contribution in [0.1, 0.15) is 58.1 Å². The third-order valence-electron chi connectivity index (χ3n) is 4.24. The normalized spacial score (nSPS) is 21.6. The predicted molar refractivity (Wildman–Crippen MR) is 83.9 cm³/mol. The van der Waals surface area contributed by atoms with E-state index in [1.165, 1.54) is 23.2 Å². The summed E-state index contributed by atoms with van der Waals surface area (Å²) >= 11 is 0. The van der Waals surface area contributed by atoms with Crippen LogP contribution in [0.4, 0.5) is 5.69 Å². The molecule has 0 bridgehead atoms. The van der Waals surface area contributed by atoms with Crippen molar-refractivity contribution in [2.24, 2.45) is 0 Å². The van der Waals surface area contributed by atoms with Crippen LogP contribution in [0.5, 0.6) is 0 Å². The molecular formula is C17H28N2. The Morgan fingerprint density at radius 2 is 2.05 bits per heavy atom. The lowest BCUT2D eigenvalue weighted by Crippen LogP contribution is -2.51. The van der Waals surface area contributed by atoms with Gasteiger partial charge in [-0.05, 0) is 64.3 Å². The highest BCUT2D eigenvalue weighted by Gasteiger charge is 2.37. The van der Waals surface area contributed by atoms with Crippen molar-refractivity contribution in [3.05, 3.63) is 29.3 Å². The zero-order valence-corrected chi connectivity index (χ0v) is 13.2. The maximum atomic E-state index is 3.24. The molecule has 0 saturated heterocycles. The highest BCUT2D eigenvalue weighted by molar-refractivity contribution is 5.61. The number of nitrogens with zero attached hydrogens (tertiary/aromatic N) is 1. The van der Waals surface area contributed by atoms with E-state index in [4.69, 9.17) is 0 Å². The number of rotatable bonds is 3. The van der Waals surface area contributed by atoms with Gasteiger partial charge in [0.25, 0.3) is 0 Å². The van der Waals surface area contributed by atoms with Gasteiger partial charge in [-0.1, -0.05) is 19.1 Å². The molecule has 2 rings (SSSR count). The smallest absolute Gasteiger partial charge is 0.0408 e. The molecule has 1 aliphatic rings. The van der Waals surface area contributed by atoms with Gasteiger partial charge in [0.05, 0.1) is 0 Å². The molecule has 19 heavy (non-hydrogen) atoms. The van der Waals surface area contributed by atoms with Crippen molar-refractivity contribution in [1.29, 1.82) is 0 Å². The van der Waals surface area contributed by atoms with Gasteiger partial charge in [0.15, 0.2) is 0 Å². The van der Waals surface area contributed by atoms with Crippen molar-refractivity contribution in [2.75, 3.05) is 11.9 Å². The summed E-state index contributed by atoms with van der Waals surface area (Å²) in [4.78, 5) is 2.59.